The fraction of sp³-hybridized carbons (Fsp3) is 0.269. The number of carboxylic acids is 1. The van der Waals surface area contributed by atoms with E-state index in [1.165, 1.54) is 0 Å². The number of pyridine rings is 1. The molecule has 0 aliphatic rings. The molecule has 2 aromatic carbocycles. The summed E-state index contributed by atoms with van der Waals surface area (Å²) in [5.41, 5.74) is 3.24. The third-order valence-electron chi connectivity index (χ3n) is 5.30. The molecule has 0 spiro atoms. The monoisotopic (exact) mass is 446 g/mol. The van der Waals surface area contributed by atoms with E-state index < -0.39 is 12.1 Å². The van der Waals surface area contributed by atoms with E-state index in [0.717, 1.165) is 27.9 Å². The number of aliphatic carboxylic acids is 1. The van der Waals surface area contributed by atoms with Gasteiger partial charge in [0.1, 0.15) is 17.2 Å². The number of hydrogen-bond donors (Lipinski definition) is 1. The largest absolute Gasteiger partial charge is 0.493 e. The van der Waals surface area contributed by atoms with Crippen LogP contribution in [0.15, 0.2) is 65.1 Å². The maximum Gasteiger partial charge on any atom is 0.306 e. The zero-order chi connectivity index (χ0) is 23.2. The number of benzene rings is 2. The van der Waals surface area contributed by atoms with Crippen molar-refractivity contribution in [2.45, 2.75) is 32.8 Å². The Morgan fingerprint density at radius 1 is 1.06 bits per heavy atom. The smallest absolute Gasteiger partial charge is 0.306 e. The number of rotatable bonds is 10. The van der Waals surface area contributed by atoms with Gasteiger partial charge in [0.15, 0.2) is 0 Å². The molecule has 0 aliphatic heterocycles. The molecule has 4 rings (SSSR count). The number of carbonyl (C=O) groups is 1. The molecule has 1 atom stereocenters. The molecule has 0 amide bonds. The molecule has 0 fully saturated rings. The second kappa shape index (κ2) is 10.3. The van der Waals surface area contributed by atoms with Crippen LogP contribution in [0.5, 0.6) is 5.75 Å². The molecule has 0 radical (unpaired) electrons. The van der Waals surface area contributed by atoms with Crippen LogP contribution in [0.2, 0.25) is 0 Å². The standard InChI is InChI=1S/C26H26N2O5/c1-3-31-24(16-25(29)30)19-8-11-20(12-9-19)32-15-14-21-17(2)33-26(28-21)23-13-10-18-6-4-5-7-22(18)27-23/h4-13,24H,3,14-16H2,1-2H3,(H,29,30). The van der Waals surface area contributed by atoms with Crippen molar-refractivity contribution in [3.05, 3.63) is 77.7 Å². The van der Waals surface area contributed by atoms with Crippen molar-refractivity contribution in [1.29, 1.82) is 0 Å². The van der Waals surface area contributed by atoms with Crippen LogP contribution in [0.25, 0.3) is 22.5 Å². The SMILES string of the molecule is CCOC(CC(=O)O)c1ccc(OCCc2nc(-c3ccc4ccccc4n3)oc2C)cc1. The predicted molar refractivity (Wildman–Crippen MR) is 124 cm³/mol. The van der Waals surface area contributed by atoms with Crippen LogP contribution in [0.1, 0.15) is 36.5 Å². The van der Waals surface area contributed by atoms with Gasteiger partial charge in [0, 0.05) is 18.4 Å². The van der Waals surface area contributed by atoms with Crippen LogP contribution >= 0.6 is 0 Å². The van der Waals surface area contributed by atoms with Crippen molar-refractivity contribution in [2.75, 3.05) is 13.2 Å². The summed E-state index contributed by atoms with van der Waals surface area (Å²) in [5.74, 6) is 1.04. The Hall–Kier alpha value is -3.71. The van der Waals surface area contributed by atoms with Crippen LogP contribution < -0.4 is 4.74 Å². The topological polar surface area (TPSA) is 94.7 Å². The lowest BCUT2D eigenvalue weighted by Crippen LogP contribution is -2.10. The van der Waals surface area contributed by atoms with Crippen molar-refractivity contribution in [3.63, 3.8) is 0 Å². The Morgan fingerprint density at radius 2 is 1.85 bits per heavy atom. The number of hydrogen-bond acceptors (Lipinski definition) is 6. The van der Waals surface area contributed by atoms with E-state index in [9.17, 15) is 4.79 Å². The van der Waals surface area contributed by atoms with Crippen LogP contribution in [0.4, 0.5) is 0 Å². The van der Waals surface area contributed by atoms with Gasteiger partial charge in [-0.05, 0) is 43.7 Å². The fourth-order valence-electron chi connectivity index (χ4n) is 3.63. The van der Waals surface area contributed by atoms with Crippen molar-refractivity contribution in [3.8, 4) is 17.3 Å². The summed E-state index contributed by atoms with van der Waals surface area (Å²) >= 11 is 0. The van der Waals surface area contributed by atoms with E-state index in [0.29, 0.717) is 37.0 Å². The van der Waals surface area contributed by atoms with Gasteiger partial charge < -0.3 is 19.0 Å². The van der Waals surface area contributed by atoms with Gasteiger partial charge in [-0.25, -0.2) is 9.97 Å². The van der Waals surface area contributed by atoms with E-state index in [1.807, 2.05) is 74.5 Å². The quantitative estimate of drug-likeness (QED) is 0.350. The minimum atomic E-state index is -0.894. The average Bonchev–Trinajstić information content (AvgIpc) is 3.19. The first-order valence-electron chi connectivity index (χ1n) is 10.9. The van der Waals surface area contributed by atoms with Crippen molar-refractivity contribution < 1.29 is 23.8 Å². The molecule has 1 N–H and O–H groups in total. The molecule has 0 aliphatic carbocycles. The minimum absolute atomic E-state index is 0.0755. The Kier molecular flexibility index (Phi) is 7.00. The fourth-order valence-corrected chi connectivity index (χ4v) is 3.63. The first-order chi connectivity index (χ1) is 16.0. The zero-order valence-corrected chi connectivity index (χ0v) is 18.7. The third kappa shape index (κ3) is 5.56. The second-order valence-corrected chi connectivity index (χ2v) is 7.62. The van der Waals surface area contributed by atoms with E-state index in [-0.39, 0.29) is 6.42 Å². The number of nitrogens with zero attached hydrogens (tertiary/aromatic N) is 2. The van der Waals surface area contributed by atoms with Crippen LogP contribution in [0, 0.1) is 6.92 Å². The highest BCUT2D eigenvalue weighted by Gasteiger charge is 2.16. The number of ether oxygens (including phenoxy) is 2. The summed E-state index contributed by atoms with van der Waals surface area (Å²) in [6, 6.07) is 19.2. The number of oxazole rings is 1. The van der Waals surface area contributed by atoms with Crippen LogP contribution in [0.3, 0.4) is 0 Å². The summed E-state index contributed by atoms with van der Waals surface area (Å²) in [7, 11) is 0. The molecule has 4 aromatic rings. The maximum atomic E-state index is 11.1. The normalized spacial score (nSPS) is 12.1. The van der Waals surface area contributed by atoms with Gasteiger partial charge in [-0.2, -0.15) is 0 Å². The molecule has 2 aromatic heterocycles. The number of fused-ring (bicyclic) bond motifs is 1. The predicted octanol–water partition coefficient (Wildman–Crippen LogP) is 5.37. The first-order valence-corrected chi connectivity index (χ1v) is 10.9. The lowest BCUT2D eigenvalue weighted by atomic mass is 10.1. The molecule has 0 saturated heterocycles. The number of aromatic nitrogens is 2. The third-order valence-corrected chi connectivity index (χ3v) is 5.30. The van der Waals surface area contributed by atoms with Gasteiger partial charge in [0.25, 0.3) is 0 Å². The van der Waals surface area contributed by atoms with E-state index in [4.69, 9.17) is 19.0 Å². The molecule has 7 heteroatoms. The van der Waals surface area contributed by atoms with Gasteiger partial charge in [-0.1, -0.05) is 36.4 Å². The Morgan fingerprint density at radius 3 is 2.61 bits per heavy atom. The minimum Gasteiger partial charge on any atom is -0.493 e. The Balaban J connectivity index is 1.37. The second-order valence-electron chi connectivity index (χ2n) is 7.62. The van der Waals surface area contributed by atoms with Crippen LogP contribution in [-0.4, -0.2) is 34.3 Å². The van der Waals surface area contributed by atoms with Crippen molar-refractivity contribution >= 4 is 16.9 Å². The van der Waals surface area contributed by atoms with E-state index in [2.05, 4.69) is 9.97 Å². The van der Waals surface area contributed by atoms with Gasteiger partial charge in [0.2, 0.25) is 5.89 Å². The van der Waals surface area contributed by atoms with Gasteiger partial charge in [-0.3, -0.25) is 4.79 Å². The molecule has 1 unspecified atom stereocenters. The van der Waals surface area contributed by atoms with Gasteiger partial charge in [-0.15, -0.1) is 0 Å². The zero-order valence-electron chi connectivity index (χ0n) is 18.7. The van der Waals surface area contributed by atoms with Crippen LogP contribution in [-0.2, 0) is 16.0 Å². The summed E-state index contributed by atoms with van der Waals surface area (Å²) in [6.07, 6.45) is 0.0422. The van der Waals surface area contributed by atoms with Crippen molar-refractivity contribution in [1.82, 2.24) is 9.97 Å². The van der Waals surface area contributed by atoms with Crippen molar-refractivity contribution in [2.24, 2.45) is 0 Å². The molecule has 33 heavy (non-hydrogen) atoms. The van der Waals surface area contributed by atoms with Gasteiger partial charge in [0.05, 0.1) is 30.3 Å². The molecule has 170 valence electrons. The summed E-state index contributed by atoms with van der Waals surface area (Å²) in [5, 5.41) is 10.1. The molecule has 0 bridgehead atoms. The molecular weight excluding hydrogens is 420 g/mol. The van der Waals surface area contributed by atoms with E-state index in [1.54, 1.807) is 0 Å². The highest BCUT2D eigenvalue weighted by atomic mass is 16.5. The van der Waals surface area contributed by atoms with Gasteiger partial charge >= 0.3 is 5.97 Å². The summed E-state index contributed by atoms with van der Waals surface area (Å²) in [6.45, 7) is 4.61. The molecular formula is C26H26N2O5. The first kappa shape index (κ1) is 22.5. The highest BCUT2D eigenvalue weighted by Crippen LogP contribution is 2.25. The number of aryl methyl sites for hydroxylation is 1. The summed E-state index contributed by atoms with van der Waals surface area (Å²) < 4.78 is 17.3. The molecule has 7 nitrogen and oxygen atoms in total. The highest BCUT2D eigenvalue weighted by molar-refractivity contribution is 5.80. The number of carboxylic acid groups (broad SMARTS) is 1. The maximum absolute atomic E-state index is 11.1. The molecule has 2 heterocycles. The van der Waals surface area contributed by atoms with E-state index >= 15 is 0 Å². The lowest BCUT2D eigenvalue weighted by Gasteiger charge is -2.16. The number of para-hydroxylation sites is 1. The molecule has 0 saturated carbocycles. The average molecular weight is 447 g/mol. The Bertz CT molecular complexity index is 1230. The Labute approximate surface area is 192 Å². The summed E-state index contributed by atoms with van der Waals surface area (Å²) in [4.78, 5) is 20.3. The lowest BCUT2D eigenvalue weighted by molar-refractivity contribution is -0.140.